The lowest BCUT2D eigenvalue weighted by Crippen LogP contribution is -2.44. The van der Waals surface area contributed by atoms with Crippen molar-refractivity contribution in [1.82, 2.24) is 5.32 Å². The molecule has 0 radical (unpaired) electrons. The highest BCUT2D eigenvalue weighted by Crippen LogP contribution is 2.08. The van der Waals surface area contributed by atoms with Crippen molar-refractivity contribution in [1.29, 1.82) is 0 Å². The molecule has 0 aromatic heterocycles. The Morgan fingerprint density at radius 2 is 1.86 bits per heavy atom. The van der Waals surface area contributed by atoms with Gasteiger partial charge in [0.05, 0.1) is 6.61 Å². The average Bonchev–Trinajstić information content (AvgIpc) is 2.32. The smallest absolute Gasteiger partial charge is 0.408 e. The molecule has 1 atom stereocenters. The zero-order valence-electron chi connectivity index (χ0n) is 13.4. The molecule has 0 aromatic rings. The molecule has 0 aliphatic heterocycles. The molecule has 0 aromatic carbocycles. The predicted octanol–water partition coefficient (Wildman–Crippen LogP) is 2.38. The maximum Gasteiger partial charge on any atom is 0.408 e. The molecular weight excluding hydrogens is 296 g/mol. The summed E-state index contributed by atoms with van der Waals surface area (Å²) in [5.74, 6) is -0.433. The summed E-state index contributed by atoms with van der Waals surface area (Å²) in [6, 6.07) is -0.703. The summed E-state index contributed by atoms with van der Waals surface area (Å²) < 4.78 is 10.3. The van der Waals surface area contributed by atoms with Crippen LogP contribution in [-0.2, 0) is 14.3 Å². The molecular formula is C14H29ClN2O4. The zero-order chi connectivity index (χ0) is 15.6. The standard InChI is InChI=1S/C14H28N2O4.ClH/c1-5-6-10-19-12(17)11(8-7-9-15)16-13(18)20-14(2,3)4;/h11H,5-10,15H2,1-4H3,(H,16,18);1H. The number of hydrogen-bond donors (Lipinski definition) is 2. The van der Waals surface area contributed by atoms with Crippen LogP contribution in [0.4, 0.5) is 4.79 Å². The first-order chi connectivity index (χ1) is 9.30. The number of carbonyl (C=O) groups is 2. The number of amides is 1. The number of nitrogens with one attached hydrogen (secondary N) is 1. The van der Waals surface area contributed by atoms with Crippen molar-refractivity contribution in [3.63, 3.8) is 0 Å². The third-order valence-corrected chi connectivity index (χ3v) is 2.41. The first kappa shape index (κ1) is 22.3. The largest absolute Gasteiger partial charge is 0.464 e. The molecule has 1 unspecified atom stereocenters. The van der Waals surface area contributed by atoms with Crippen molar-refractivity contribution >= 4 is 24.5 Å². The predicted molar refractivity (Wildman–Crippen MR) is 84.6 cm³/mol. The van der Waals surface area contributed by atoms with Crippen LogP contribution in [0.25, 0.3) is 0 Å². The van der Waals surface area contributed by atoms with Crippen LogP contribution in [0.2, 0.25) is 0 Å². The van der Waals surface area contributed by atoms with Crippen LogP contribution in [0, 0.1) is 0 Å². The average molecular weight is 325 g/mol. The van der Waals surface area contributed by atoms with E-state index in [2.05, 4.69) is 5.32 Å². The Bertz CT molecular complexity index is 306. The lowest BCUT2D eigenvalue weighted by molar-refractivity contribution is -0.146. The third-order valence-electron chi connectivity index (χ3n) is 2.41. The van der Waals surface area contributed by atoms with Crippen molar-refractivity contribution in [2.24, 2.45) is 5.73 Å². The normalized spacial score (nSPS) is 12.0. The van der Waals surface area contributed by atoms with Crippen molar-refractivity contribution in [3.05, 3.63) is 0 Å². The second-order valence-electron chi connectivity index (χ2n) is 5.65. The van der Waals surface area contributed by atoms with Gasteiger partial charge in [-0.3, -0.25) is 0 Å². The van der Waals surface area contributed by atoms with E-state index in [1.165, 1.54) is 0 Å². The Kier molecular flexibility index (Phi) is 12.3. The minimum Gasteiger partial charge on any atom is -0.464 e. The second-order valence-corrected chi connectivity index (χ2v) is 5.65. The molecule has 0 heterocycles. The molecule has 126 valence electrons. The van der Waals surface area contributed by atoms with Crippen molar-refractivity contribution < 1.29 is 19.1 Å². The Morgan fingerprint density at radius 1 is 1.24 bits per heavy atom. The van der Waals surface area contributed by atoms with Gasteiger partial charge in [-0.05, 0) is 46.6 Å². The second kappa shape index (κ2) is 11.6. The Morgan fingerprint density at radius 3 is 2.33 bits per heavy atom. The Labute approximate surface area is 133 Å². The quantitative estimate of drug-likeness (QED) is 0.528. The van der Waals surface area contributed by atoms with Crippen molar-refractivity contribution in [2.45, 2.75) is 65.0 Å². The van der Waals surface area contributed by atoms with Gasteiger partial charge in [0.2, 0.25) is 0 Å². The molecule has 0 aliphatic rings. The third kappa shape index (κ3) is 12.4. The molecule has 7 heteroatoms. The maximum absolute atomic E-state index is 11.9. The fraction of sp³-hybridized carbons (Fsp3) is 0.857. The van der Waals surface area contributed by atoms with Gasteiger partial charge in [0, 0.05) is 0 Å². The minimum absolute atomic E-state index is 0. The highest BCUT2D eigenvalue weighted by molar-refractivity contribution is 5.85. The van der Waals surface area contributed by atoms with Crippen LogP contribution in [0.3, 0.4) is 0 Å². The van der Waals surface area contributed by atoms with E-state index in [0.717, 1.165) is 12.8 Å². The summed E-state index contributed by atoms with van der Waals surface area (Å²) in [5.41, 5.74) is 4.83. The number of unbranched alkanes of at least 4 members (excludes halogenated alkanes) is 1. The Balaban J connectivity index is 0. The number of rotatable bonds is 8. The van der Waals surface area contributed by atoms with E-state index in [0.29, 0.717) is 26.0 Å². The molecule has 0 saturated heterocycles. The summed E-state index contributed by atoms with van der Waals surface area (Å²) in [7, 11) is 0. The van der Waals surface area contributed by atoms with Crippen LogP contribution in [0.1, 0.15) is 53.4 Å². The summed E-state index contributed by atoms with van der Waals surface area (Å²) >= 11 is 0. The maximum atomic E-state index is 11.9. The number of alkyl carbamates (subject to hydrolysis) is 1. The van der Waals surface area contributed by atoms with E-state index in [4.69, 9.17) is 15.2 Å². The van der Waals surface area contributed by atoms with Crippen molar-refractivity contribution in [3.8, 4) is 0 Å². The van der Waals surface area contributed by atoms with Gasteiger partial charge in [-0.15, -0.1) is 12.4 Å². The SMILES string of the molecule is CCCCOC(=O)C(CCCN)NC(=O)OC(C)(C)C.Cl. The Hall–Kier alpha value is -1.01. The number of hydrogen-bond acceptors (Lipinski definition) is 5. The van der Waals surface area contributed by atoms with Crippen molar-refractivity contribution in [2.75, 3.05) is 13.2 Å². The van der Waals surface area contributed by atoms with E-state index in [1.807, 2.05) is 6.92 Å². The van der Waals surface area contributed by atoms with Crippen LogP contribution >= 0.6 is 12.4 Å². The first-order valence-electron chi connectivity index (χ1n) is 7.16. The van der Waals surface area contributed by atoms with E-state index >= 15 is 0 Å². The number of carbonyl (C=O) groups excluding carboxylic acids is 2. The molecule has 0 spiro atoms. The highest BCUT2D eigenvalue weighted by Gasteiger charge is 2.24. The van der Waals surface area contributed by atoms with E-state index < -0.39 is 23.7 Å². The van der Waals surface area contributed by atoms with Gasteiger partial charge in [-0.25, -0.2) is 9.59 Å². The molecule has 3 N–H and O–H groups in total. The molecule has 0 saturated carbocycles. The molecule has 0 bridgehead atoms. The molecule has 0 aliphatic carbocycles. The monoisotopic (exact) mass is 324 g/mol. The van der Waals surface area contributed by atoms with Gasteiger partial charge in [-0.1, -0.05) is 13.3 Å². The molecule has 6 nitrogen and oxygen atoms in total. The van der Waals surface area contributed by atoms with Crippen LogP contribution in [0.15, 0.2) is 0 Å². The summed E-state index contributed by atoms with van der Waals surface area (Å²) in [4.78, 5) is 23.6. The van der Waals surface area contributed by atoms with Crippen LogP contribution in [0.5, 0.6) is 0 Å². The minimum atomic E-state index is -0.703. The number of halogens is 1. The number of ether oxygens (including phenoxy) is 2. The fourth-order valence-electron chi connectivity index (χ4n) is 1.44. The summed E-state index contributed by atoms with van der Waals surface area (Å²) in [6.45, 7) is 8.13. The summed E-state index contributed by atoms with van der Waals surface area (Å²) in [5, 5.41) is 2.54. The van der Waals surface area contributed by atoms with E-state index in [-0.39, 0.29) is 12.4 Å². The number of nitrogens with two attached hydrogens (primary N) is 1. The van der Waals surface area contributed by atoms with E-state index in [9.17, 15) is 9.59 Å². The fourth-order valence-corrected chi connectivity index (χ4v) is 1.44. The van der Waals surface area contributed by atoms with Crippen LogP contribution in [-0.4, -0.2) is 36.9 Å². The van der Waals surface area contributed by atoms with Gasteiger partial charge in [0.25, 0.3) is 0 Å². The molecule has 0 fully saturated rings. The summed E-state index contributed by atoms with van der Waals surface area (Å²) in [6.07, 6.45) is 2.21. The number of esters is 1. The molecule has 1 amide bonds. The highest BCUT2D eigenvalue weighted by atomic mass is 35.5. The van der Waals surface area contributed by atoms with E-state index in [1.54, 1.807) is 20.8 Å². The molecule has 0 rings (SSSR count). The zero-order valence-corrected chi connectivity index (χ0v) is 14.3. The van der Waals surface area contributed by atoms with Gasteiger partial charge < -0.3 is 20.5 Å². The molecule has 21 heavy (non-hydrogen) atoms. The van der Waals surface area contributed by atoms with Gasteiger partial charge >= 0.3 is 12.1 Å². The lowest BCUT2D eigenvalue weighted by Gasteiger charge is -2.22. The first-order valence-corrected chi connectivity index (χ1v) is 7.16. The van der Waals surface area contributed by atoms with Gasteiger partial charge in [0.15, 0.2) is 0 Å². The van der Waals surface area contributed by atoms with Crippen LogP contribution < -0.4 is 11.1 Å². The van der Waals surface area contributed by atoms with Gasteiger partial charge in [0.1, 0.15) is 11.6 Å². The topological polar surface area (TPSA) is 90.6 Å². The van der Waals surface area contributed by atoms with Gasteiger partial charge in [-0.2, -0.15) is 0 Å². The lowest BCUT2D eigenvalue weighted by atomic mass is 10.1.